The molecule has 2 aliphatic rings. The van der Waals surface area contributed by atoms with Gasteiger partial charge in [0.25, 0.3) is 5.91 Å². The van der Waals surface area contributed by atoms with Crippen LogP contribution in [0.1, 0.15) is 42.1 Å². The van der Waals surface area contributed by atoms with E-state index in [4.69, 9.17) is 0 Å². The van der Waals surface area contributed by atoms with Gasteiger partial charge in [0.05, 0.1) is 12.2 Å². The third-order valence-corrected chi connectivity index (χ3v) is 5.99. The van der Waals surface area contributed by atoms with Gasteiger partial charge in [-0.15, -0.1) is 0 Å². The SMILES string of the molecule is O=C(NCC1CC1)c1ccc2c(-c3cnn(C4CCNCC4)c3)cccc2c1. The van der Waals surface area contributed by atoms with Gasteiger partial charge in [-0.25, -0.2) is 0 Å². The quantitative estimate of drug-likeness (QED) is 0.715. The molecule has 2 fully saturated rings. The van der Waals surface area contributed by atoms with E-state index in [2.05, 4.69) is 50.9 Å². The van der Waals surface area contributed by atoms with Gasteiger partial charge >= 0.3 is 0 Å². The number of nitrogens with one attached hydrogen (secondary N) is 2. The molecule has 1 aliphatic carbocycles. The van der Waals surface area contributed by atoms with Crippen LogP contribution in [0, 0.1) is 5.92 Å². The van der Waals surface area contributed by atoms with Gasteiger partial charge in [0.2, 0.25) is 0 Å². The van der Waals surface area contributed by atoms with Crippen LogP contribution in [-0.4, -0.2) is 35.3 Å². The van der Waals surface area contributed by atoms with Crippen molar-refractivity contribution in [1.29, 1.82) is 0 Å². The van der Waals surface area contributed by atoms with Crippen molar-refractivity contribution in [2.75, 3.05) is 19.6 Å². The number of amides is 1. The fourth-order valence-corrected chi connectivity index (χ4v) is 4.09. The Balaban J connectivity index is 1.41. The predicted octanol–water partition coefficient (Wildman–Crippen LogP) is 3.77. The summed E-state index contributed by atoms with van der Waals surface area (Å²) in [5.74, 6) is 0.713. The van der Waals surface area contributed by atoms with Gasteiger partial charge in [0.1, 0.15) is 0 Å². The summed E-state index contributed by atoms with van der Waals surface area (Å²) >= 11 is 0. The van der Waals surface area contributed by atoms with E-state index in [0.29, 0.717) is 12.0 Å². The number of benzene rings is 2. The van der Waals surface area contributed by atoms with Gasteiger partial charge in [-0.2, -0.15) is 5.10 Å². The van der Waals surface area contributed by atoms with Crippen LogP contribution in [0.5, 0.6) is 0 Å². The predicted molar refractivity (Wildman–Crippen MR) is 111 cm³/mol. The molecule has 5 nitrogen and oxygen atoms in total. The molecular formula is C23H26N4O. The molecule has 1 amide bonds. The number of nitrogens with zero attached hydrogens (tertiary/aromatic N) is 2. The second-order valence-electron chi connectivity index (χ2n) is 8.09. The summed E-state index contributed by atoms with van der Waals surface area (Å²) in [5.41, 5.74) is 3.04. The summed E-state index contributed by atoms with van der Waals surface area (Å²) in [7, 11) is 0. The van der Waals surface area contributed by atoms with Crippen molar-refractivity contribution in [1.82, 2.24) is 20.4 Å². The van der Waals surface area contributed by atoms with Crippen molar-refractivity contribution < 1.29 is 4.79 Å². The van der Waals surface area contributed by atoms with Crippen molar-refractivity contribution in [3.8, 4) is 11.1 Å². The molecule has 0 bridgehead atoms. The first-order valence-electron chi connectivity index (χ1n) is 10.3. The molecule has 1 saturated heterocycles. The van der Waals surface area contributed by atoms with Gasteiger partial charge in [-0.1, -0.05) is 24.3 Å². The molecule has 0 atom stereocenters. The zero-order chi connectivity index (χ0) is 18.9. The summed E-state index contributed by atoms with van der Waals surface area (Å²) < 4.78 is 2.12. The van der Waals surface area contributed by atoms with E-state index in [1.165, 1.54) is 18.4 Å². The number of aromatic nitrogens is 2. The maximum Gasteiger partial charge on any atom is 0.251 e. The number of rotatable bonds is 5. The van der Waals surface area contributed by atoms with Crippen LogP contribution >= 0.6 is 0 Å². The molecule has 0 radical (unpaired) electrons. The molecule has 1 saturated carbocycles. The Kier molecular flexibility index (Phi) is 4.61. The van der Waals surface area contributed by atoms with Crippen LogP contribution in [0.3, 0.4) is 0 Å². The number of carbonyl (C=O) groups excluding carboxylic acids is 1. The molecule has 0 unspecified atom stereocenters. The fourth-order valence-electron chi connectivity index (χ4n) is 4.09. The number of hydrogen-bond acceptors (Lipinski definition) is 3. The van der Waals surface area contributed by atoms with Gasteiger partial charge in [-0.3, -0.25) is 9.48 Å². The van der Waals surface area contributed by atoms with Gasteiger partial charge in [0, 0.05) is 23.9 Å². The zero-order valence-corrected chi connectivity index (χ0v) is 16.0. The van der Waals surface area contributed by atoms with Crippen LogP contribution in [0.4, 0.5) is 0 Å². The van der Waals surface area contributed by atoms with E-state index in [-0.39, 0.29) is 5.91 Å². The van der Waals surface area contributed by atoms with Crippen LogP contribution in [0.2, 0.25) is 0 Å². The summed E-state index contributed by atoms with van der Waals surface area (Å²) in [6.45, 7) is 2.91. The Labute approximate surface area is 165 Å². The van der Waals surface area contributed by atoms with E-state index in [1.54, 1.807) is 0 Å². The van der Waals surface area contributed by atoms with E-state index in [1.807, 2.05) is 18.3 Å². The van der Waals surface area contributed by atoms with E-state index >= 15 is 0 Å². The highest BCUT2D eigenvalue weighted by atomic mass is 16.1. The molecule has 5 heteroatoms. The summed E-state index contributed by atoms with van der Waals surface area (Å²) in [4.78, 5) is 12.4. The van der Waals surface area contributed by atoms with Crippen LogP contribution in [0.25, 0.3) is 21.9 Å². The molecule has 2 heterocycles. The monoisotopic (exact) mass is 374 g/mol. The first kappa shape index (κ1) is 17.4. The van der Waals surface area contributed by atoms with E-state index in [9.17, 15) is 4.79 Å². The van der Waals surface area contributed by atoms with Crippen LogP contribution in [-0.2, 0) is 0 Å². The minimum Gasteiger partial charge on any atom is -0.352 e. The summed E-state index contributed by atoms with van der Waals surface area (Å²) in [6.07, 6.45) is 8.86. The lowest BCUT2D eigenvalue weighted by atomic mass is 9.98. The second-order valence-corrected chi connectivity index (χ2v) is 8.09. The van der Waals surface area contributed by atoms with Gasteiger partial charge in [-0.05, 0) is 73.2 Å². The minimum absolute atomic E-state index is 0.0259. The van der Waals surface area contributed by atoms with E-state index in [0.717, 1.165) is 54.4 Å². The maximum absolute atomic E-state index is 12.4. The maximum atomic E-state index is 12.4. The summed E-state index contributed by atoms with van der Waals surface area (Å²) in [6, 6.07) is 12.8. The highest BCUT2D eigenvalue weighted by Gasteiger charge is 2.22. The van der Waals surface area contributed by atoms with E-state index < -0.39 is 0 Å². The molecule has 1 aliphatic heterocycles. The Morgan fingerprint density at radius 2 is 2.00 bits per heavy atom. The van der Waals surface area contributed by atoms with Crippen molar-refractivity contribution in [3.63, 3.8) is 0 Å². The Morgan fingerprint density at radius 3 is 2.82 bits per heavy atom. The molecule has 5 rings (SSSR count). The van der Waals surface area contributed by atoms with Crippen LogP contribution < -0.4 is 10.6 Å². The Hall–Kier alpha value is -2.66. The number of carbonyl (C=O) groups is 1. The normalized spacial score (nSPS) is 17.7. The molecule has 0 spiro atoms. The highest BCUT2D eigenvalue weighted by molar-refractivity contribution is 6.02. The van der Waals surface area contributed by atoms with Crippen molar-refractivity contribution in [2.24, 2.45) is 5.92 Å². The van der Waals surface area contributed by atoms with Gasteiger partial charge in [0.15, 0.2) is 0 Å². The summed E-state index contributed by atoms with van der Waals surface area (Å²) in [5, 5.41) is 13.3. The lowest BCUT2D eigenvalue weighted by molar-refractivity contribution is 0.0952. The standard InChI is InChI=1S/C23H26N4O/c28-23(25-13-16-4-5-16)18-6-7-22-17(12-18)2-1-3-21(22)19-14-26-27(15-19)20-8-10-24-11-9-20/h1-3,6-7,12,14-16,20,24H,4-5,8-11,13H2,(H,25,28). The Bertz CT molecular complexity index is 999. The molecule has 2 N–H and O–H groups in total. The first-order valence-corrected chi connectivity index (χ1v) is 10.3. The second kappa shape index (κ2) is 7.40. The molecule has 1 aromatic heterocycles. The largest absolute Gasteiger partial charge is 0.352 e. The van der Waals surface area contributed by atoms with Crippen LogP contribution in [0.15, 0.2) is 48.8 Å². The number of hydrogen-bond donors (Lipinski definition) is 2. The minimum atomic E-state index is 0.0259. The smallest absolute Gasteiger partial charge is 0.251 e. The zero-order valence-electron chi connectivity index (χ0n) is 16.0. The highest BCUT2D eigenvalue weighted by Crippen LogP contribution is 2.31. The van der Waals surface area contributed by atoms with Crippen molar-refractivity contribution in [2.45, 2.75) is 31.7 Å². The third kappa shape index (κ3) is 3.54. The lowest BCUT2D eigenvalue weighted by Crippen LogP contribution is -2.29. The lowest BCUT2D eigenvalue weighted by Gasteiger charge is -2.22. The number of fused-ring (bicyclic) bond motifs is 1. The van der Waals surface area contributed by atoms with Gasteiger partial charge < -0.3 is 10.6 Å². The van der Waals surface area contributed by atoms with Crippen molar-refractivity contribution >= 4 is 16.7 Å². The molecule has 2 aromatic carbocycles. The fraction of sp³-hybridized carbons (Fsp3) is 0.391. The average Bonchev–Trinajstić information content (AvgIpc) is 3.45. The molecule has 28 heavy (non-hydrogen) atoms. The van der Waals surface area contributed by atoms with Crippen molar-refractivity contribution in [3.05, 3.63) is 54.4 Å². The third-order valence-electron chi connectivity index (χ3n) is 5.99. The molecule has 3 aromatic rings. The first-order chi connectivity index (χ1) is 13.8. The topological polar surface area (TPSA) is 59.0 Å². The average molecular weight is 374 g/mol. The number of piperidine rings is 1. The molecular weight excluding hydrogens is 348 g/mol. The molecule has 144 valence electrons. The Morgan fingerprint density at radius 1 is 1.14 bits per heavy atom.